The van der Waals surface area contributed by atoms with E-state index in [1.807, 2.05) is 0 Å². The maximum absolute atomic E-state index is 13.5. The lowest BCUT2D eigenvalue weighted by atomic mass is 10.1. The summed E-state index contributed by atoms with van der Waals surface area (Å²) < 4.78 is 41.2. The molecule has 1 aliphatic rings. The van der Waals surface area contributed by atoms with E-state index in [2.05, 4.69) is 10.1 Å². The lowest BCUT2D eigenvalue weighted by Crippen LogP contribution is -2.28. The van der Waals surface area contributed by atoms with Gasteiger partial charge in [0.15, 0.2) is 12.0 Å². The van der Waals surface area contributed by atoms with Crippen molar-refractivity contribution >= 4 is 5.97 Å². The van der Waals surface area contributed by atoms with Crippen molar-refractivity contribution in [2.75, 3.05) is 0 Å². The molecule has 1 aromatic rings. The summed E-state index contributed by atoms with van der Waals surface area (Å²) in [6, 6.07) is -1.46. The normalized spacial score (nSPS) is 23.8. The minimum Gasteiger partial charge on any atom is -0.475 e. The molecule has 0 spiro atoms. The molecule has 0 saturated heterocycles. The quantitative estimate of drug-likeness (QED) is 0.889. The molecular formula is C9H10F3N3O2. The summed E-state index contributed by atoms with van der Waals surface area (Å²) in [7, 11) is 0. The zero-order chi connectivity index (χ0) is 12.8. The van der Waals surface area contributed by atoms with Crippen LogP contribution in [0.4, 0.5) is 13.2 Å². The maximum Gasteiger partial charge on any atom is 0.375 e. The van der Waals surface area contributed by atoms with Crippen LogP contribution in [-0.4, -0.2) is 31.8 Å². The SMILES string of the molecule is CCC(F)(F)C1CC(F)c2nc(C(=O)O)nn21. The van der Waals surface area contributed by atoms with E-state index in [-0.39, 0.29) is 5.82 Å². The molecule has 0 fully saturated rings. The highest BCUT2D eigenvalue weighted by Gasteiger charge is 2.48. The lowest BCUT2D eigenvalue weighted by molar-refractivity contribution is -0.0585. The highest BCUT2D eigenvalue weighted by molar-refractivity contribution is 5.82. The second kappa shape index (κ2) is 3.71. The van der Waals surface area contributed by atoms with Crippen molar-refractivity contribution in [3.05, 3.63) is 11.6 Å². The molecule has 0 radical (unpaired) electrons. The highest BCUT2D eigenvalue weighted by atomic mass is 19.3. The average molecular weight is 249 g/mol. The van der Waals surface area contributed by atoms with Gasteiger partial charge in [0.05, 0.1) is 0 Å². The van der Waals surface area contributed by atoms with Gasteiger partial charge in [0.1, 0.15) is 6.04 Å². The number of aromatic carboxylic acids is 1. The Labute approximate surface area is 94.3 Å². The molecule has 17 heavy (non-hydrogen) atoms. The van der Waals surface area contributed by atoms with E-state index in [0.717, 1.165) is 0 Å². The zero-order valence-electron chi connectivity index (χ0n) is 8.90. The van der Waals surface area contributed by atoms with Gasteiger partial charge >= 0.3 is 5.97 Å². The largest absolute Gasteiger partial charge is 0.475 e. The lowest BCUT2D eigenvalue weighted by Gasteiger charge is -2.21. The molecule has 94 valence electrons. The van der Waals surface area contributed by atoms with E-state index >= 15 is 0 Å². The van der Waals surface area contributed by atoms with Gasteiger partial charge in [-0.25, -0.2) is 27.6 Å². The molecule has 0 amide bonds. The van der Waals surface area contributed by atoms with Gasteiger partial charge in [-0.05, 0) is 0 Å². The number of rotatable bonds is 3. The number of alkyl halides is 3. The first-order valence-corrected chi connectivity index (χ1v) is 5.08. The van der Waals surface area contributed by atoms with Gasteiger partial charge in [-0.3, -0.25) is 0 Å². The second-order valence-corrected chi connectivity index (χ2v) is 3.88. The van der Waals surface area contributed by atoms with Gasteiger partial charge < -0.3 is 5.11 Å². The maximum atomic E-state index is 13.5. The van der Waals surface area contributed by atoms with Crippen LogP contribution in [0.3, 0.4) is 0 Å². The number of nitrogens with zero attached hydrogens (tertiary/aromatic N) is 3. The Kier molecular flexibility index (Phi) is 2.59. The summed E-state index contributed by atoms with van der Waals surface area (Å²) >= 11 is 0. The number of carboxylic acid groups (broad SMARTS) is 1. The van der Waals surface area contributed by atoms with E-state index in [0.29, 0.717) is 4.68 Å². The molecule has 0 bridgehead atoms. The smallest absolute Gasteiger partial charge is 0.375 e. The van der Waals surface area contributed by atoms with Crippen molar-refractivity contribution in [3.8, 4) is 0 Å². The van der Waals surface area contributed by atoms with Crippen LogP contribution in [0.15, 0.2) is 0 Å². The number of carbonyl (C=O) groups is 1. The molecule has 1 aromatic heterocycles. The first-order chi connectivity index (χ1) is 7.86. The first kappa shape index (κ1) is 11.9. The molecule has 1 aliphatic heterocycles. The van der Waals surface area contributed by atoms with Crippen LogP contribution in [0.5, 0.6) is 0 Å². The van der Waals surface area contributed by atoms with Crippen LogP contribution in [0.25, 0.3) is 0 Å². The summed E-state index contributed by atoms with van der Waals surface area (Å²) in [5.74, 6) is -5.57. The van der Waals surface area contributed by atoms with Gasteiger partial charge in [0.25, 0.3) is 11.7 Å². The molecular weight excluding hydrogens is 239 g/mol. The third-order valence-corrected chi connectivity index (χ3v) is 2.81. The van der Waals surface area contributed by atoms with Gasteiger partial charge in [-0.2, -0.15) is 0 Å². The average Bonchev–Trinajstić information content (AvgIpc) is 2.79. The molecule has 8 heteroatoms. The van der Waals surface area contributed by atoms with Crippen LogP contribution in [-0.2, 0) is 0 Å². The molecule has 5 nitrogen and oxygen atoms in total. The summed E-state index contributed by atoms with van der Waals surface area (Å²) in [4.78, 5) is 14.0. The fraction of sp³-hybridized carbons (Fsp3) is 0.667. The highest BCUT2D eigenvalue weighted by Crippen LogP contribution is 2.45. The topological polar surface area (TPSA) is 68.0 Å². The Morgan fingerprint density at radius 1 is 1.65 bits per heavy atom. The Morgan fingerprint density at radius 3 is 2.82 bits per heavy atom. The fourth-order valence-electron chi connectivity index (χ4n) is 1.86. The summed E-state index contributed by atoms with van der Waals surface area (Å²) in [5.41, 5.74) is 0. The van der Waals surface area contributed by atoms with E-state index in [4.69, 9.17) is 5.11 Å². The van der Waals surface area contributed by atoms with Crippen LogP contribution >= 0.6 is 0 Å². The molecule has 2 rings (SSSR count). The predicted molar refractivity (Wildman–Crippen MR) is 49.7 cm³/mol. The minimum absolute atomic E-state index is 0.333. The molecule has 2 unspecified atom stereocenters. The van der Waals surface area contributed by atoms with Crippen molar-refractivity contribution in [1.82, 2.24) is 14.8 Å². The Balaban J connectivity index is 2.43. The fourth-order valence-corrected chi connectivity index (χ4v) is 1.86. The number of aromatic nitrogens is 3. The van der Waals surface area contributed by atoms with Gasteiger partial charge in [0, 0.05) is 12.8 Å². The summed E-state index contributed by atoms with van der Waals surface area (Å²) in [6.07, 6.45) is -2.58. The van der Waals surface area contributed by atoms with Gasteiger partial charge in [0.2, 0.25) is 0 Å². The van der Waals surface area contributed by atoms with Crippen LogP contribution in [0, 0.1) is 0 Å². The Bertz CT molecular complexity index is 460. The van der Waals surface area contributed by atoms with Crippen LogP contribution in [0.1, 0.15) is 48.4 Å². The van der Waals surface area contributed by atoms with Crippen LogP contribution in [0.2, 0.25) is 0 Å². The molecule has 0 aromatic carbocycles. The monoisotopic (exact) mass is 249 g/mol. The number of carboxylic acids is 1. The Morgan fingerprint density at radius 2 is 2.29 bits per heavy atom. The standard InChI is InChI=1S/C9H10F3N3O2/c1-2-9(11,12)5-3-4(10)7-13-6(8(16)17)14-15(5)7/h4-5H,2-3H2,1H3,(H,16,17). The number of hydrogen-bond acceptors (Lipinski definition) is 3. The minimum atomic E-state index is -3.13. The van der Waals surface area contributed by atoms with Gasteiger partial charge in [-0.1, -0.05) is 6.92 Å². The number of fused-ring (bicyclic) bond motifs is 1. The third-order valence-electron chi connectivity index (χ3n) is 2.81. The van der Waals surface area contributed by atoms with Crippen molar-refractivity contribution in [2.24, 2.45) is 0 Å². The first-order valence-electron chi connectivity index (χ1n) is 5.08. The molecule has 2 atom stereocenters. The second-order valence-electron chi connectivity index (χ2n) is 3.88. The number of halogens is 3. The third kappa shape index (κ3) is 1.77. The Hall–Kier alpha value is -1.60. The summed E-state index contributed by atoms with van der Waals surface area (Å²) in [5, 5.41) is 12.0. The number of hydrogen-bond donors (Lipinski definition) is 1. The van der Waals surface area contributed by atoms with E-state index in [1.54, 1.807) is 0 Å². The van der Waals surface area contributed by atoms with E-state index in [9.17, 15) is 18.0 Å². The van der Waals surface area contributed by atoms with Crippen LogP contribution < -0.4 is 0 Å². The molecule has 0 aliphatic carbocycles. The van der Waals surface area contributed by atoms with Crippen molar-refractivity contribution in [3.63, 3.8) is 0 Å². The van der Waals surface area contributed by atoms with Gasteiger partial charge in [-0.15, -0.1) is 5.10 Å². The van der Waals surface area contributed by atoms with Crippen molar-refractivity contribution in [1.29, 1.82) is 0 Å². The van der Waals surface area contributed by atoms with E-state index < -0.39 is 42.8 Å². The van der Waals surface area contributed by atoms with E-state index in [1.165, 1.54) is 6.92 Å². The predicted octanol–water partition coefficient (Wildman–Crippen LogP) is 1.98. The molecule has 0 saturated carbocycles. The molecule has 1 N–H and O–H groups in total. The molecule has 2 heterocycles. The van der Waals surface area contributed by atoms with Crippen molar-refractivity contribution in [2.45, 2.75) is 37.9 Å². The van der Waals surface area contributed by atoms with Crippen molar-refractivity contribution < 1.29 is 23.1 Å². The summed E-state index contributed by atoms with van der Waals surface area (Å²) in [6.45, 7) is 1.28. The zero-order valence-corrected chi connectivity index (χ0v) is 8.90.